The van der Waals surface area contributed by atoms with E-state index < -0.39 is 11.6 Å². The molecule has 2 fully saturated rings. The normalized spacial score (nSPS) is 22.9. The van der Waals surface area contributed by atoms with Gasteiger partial charge in [0.15, 0.2) is 0 Å². The fraction of sp³-hybridized carbons (Fsp3) is 0.606. The fourth-order valence-electron chi connectivity index (χ4n) is 6.65. The number of aliphatic hydroxyl groups is 1. The number of aliphatic carboxylic acids is 1. The lowest BCUT2D eigenvalue weighted by Crippen LogP contribution is -2.46. The average Bonchev–Trinajstić information content (AvgIpc) is 3.34. The highest BCUT2D eigenvalue weighted by Gasteiger charge is 2.41. The second kappa shape index (κ2) is 14.3. The van der Waals surface area contributed by atoms with E-state index in [1.54, 1.807) is 0 Å². The summed E-state index contributed by atoms with van der Waals surface area (Å²) >= 11 is 0. The molecule has 5 nitrogen and oxygen atoms in total. The van der Waals surface area contributed by atoms with Crippen molar-refractivity contribution in [3.05, 3.63) is 71.8 Å². The molecule has 0 spiro atoms. The topological polar surface area (TPSA) is 64.0 Å². The molecule has 2 aliphatic heterocycles. The summed E-state index contributed by atoms with van der Waals surface area (Å²) in [5, 5.41) is 21.3. The first-order valence-electron chi connectivity index (χ1n) is 15.0. The molecule has 2 N–H and O–H groups in total. The van der Waals surface area contributed by atoms with Gasteiger partial charge in [-0.2, -0.15) is 0 Å². The Labute approximate surface area is 229 Å². The van der Waals surface area contributed by atoms with Gasteiger partial charge < -0.3 is 15.1 Å². The SMILES string of the molecule is CCCCCCC(C(=O)O)N1CC(CN2CCC(O)(CCCc3ccccc3)CC2)C(c2ccccc2)C1. The van der Waals surface area contributed by atoms with Gasteiger partial charge in [0.1, 0.15) is 6.04 Å². The van der Waals surface area contributed by atoms with Crippen molar-refractivity contribution in [1.82, 2.24) is 9.80 Å². The van der Waals surface area contributed by atoms with Crippen LogP contribution in [0.4, 0.5) is 0 Å². The Morgan fingerprint density at radius 3 is 2.29 bits per heavy atom. The number of rotatable bonds is 14. The zero-order valence-electron chi connectivity index (χ0n) is 23.3. The molecule has 2 heterocycles. The molecule has 3 unspecified atom stereocenters. The number of carbonyl (C=O) groups is 1. The molecule has 2 aliphatic rings. The summed E-state index contributed by atoms with van der Waals surface area (Å²) in [4.78, 5) is 17.0. The van der Waals surface area contributed by atoms with Gasteiger partial charge in [-0.05, 0) is 55.6 Å². The van der Waals surface area contributed by atoms with Crippen LogP contribution in [0.3, 0.4) is 0 Å². The third-order valence-corrected chi connectivity index (χ3v) is 8.98. The van der Waals surface area contributed by atoms with E-state index in [2.05, 4.69) is 71.3 Å². The van der Waals surface area contributed by atoms with Crippen molar-refractivity contribution in [2.24, 2.45) is 5.92 Å². The van der Waals surface area contributed by atoms with Crippen molar-refractivity contribution >= 4 is 5.97 Å². The summed E-state index contributed by atoms with van der Waals surface area (Å²) in [7, 11) is 0. The number of hydrogen-bond donors (Lipinski definition) is 2. The average molecular weight is 521 g/mol. The lowest BCUT2D eigenvalue weighted by atomic mass is 9.84. The minimum Gasteiger partial charge on any atom is -0.480 e. The molecule has 0 radical (unpaired) electrons. The molecule has 5 heteroatoms. The first-order chi connectivity index (χ1) is 18.5. The molecule has 2 aromatic rings. The number of nitrogens with zero attached hydrogens (tertiary/aromatic N) is 2. The standard InChI is InChI=1S/C33H48N2O3/c1-2-3-4-11-18-31(32(36)37)35-25-29(30(26-35)28-16-9-6-10-17-28)24-34-22-20-33(38,21-23-34)19-12-15-27-13-7-5-8-14-27/h5-10,13-14,16-17,29-31,38H,2-4,11-12,15,18-26H2,1H3,(H,36,37). The number of aryl methyl sites for hydroxylation is 1. The summed E-state index contributed by atoms with van der Waals surface area (Å²) in [6.45, 7) is 6.64. The van der Waals surface area contributed by atoms with E-state index >= 15 is 0 Å². The Morgan fingerprint density at radius 2 is 1.63 bits per heavy atom. The molecule has 2 saturated heterocycles. The van der Waals surface area contributed by atoms with Gasteiger partial charge in [-0.3, -0.25) is 9.69 Å². The first kappa shape index (κ1) is 28.8. The van der Waals surface area contributed by atoms with E-state index in [1.807, 2.05) is 6.07 Å². The minimum atomic E-state index is -0.674. The smallest absolute Gasteiger partial charge is 0.320 e. The second-order valence-corrected chi connectivity index (χ2v) is 11.8. The number of likely N-dealkylation sites (tertiary alicyclic amines) is 2. The predicted molar refractivity (Wildman–Crippen MR) is 154 cm³/mol. The first-order valence-corrected chi connectivity index (χ1v) is 15.0. The van der Waals surface area contributed by atoms with E-state index in [9.17, 15) is 15.0 Å². The van der Waals surface area contributed by atoms with Crippen LogP contribution >= 0.6 is 0 Å². The molecule has 0 aliphatic carbocycles. The maximum Gasteiger partial charge on any atom is 0.320 e. The Bertz CT molecular complexity index is 959. The van der Waals surface area contributed by atoms with E-state index in [1.165, 1.54) is 17.5 Å². The third-order valence-electron chi connectivity index (χ3n) is 8.98. The van der Waals surface area contributed by atoms with Gasteiger partial charge in [0.2, 0.25) is 0 Å². The largest absolute Gasteiger partial charge is 0.480 e. The van der Waals surface area contributed by atoms with Crippen molar-refractivity contribution in [2.75, 3.05) is 32.7 Å². The number of hydrogen-bond acceptors (Lipinski definition) is 4. The monoisotopic (exact) mass is 520 g/mol. The van der Waals surface area contributed by atoms with Crippen LogP contribution in [0.2, 0.25) is 0 Å². The zero-order valence-corrected chi connectivity index (χ0v) is 23.3. The summed E-state index contributed by atoms with van der Waals surface area (Å²) in [6.07, 6.45) is 9.72. The minimum absolute atomic E-state index is 0.348. The van der Waals surface area contributed by atoms with Crippen LogP contribution in [-0.4, -0.2) is 70.3 Å². The summed E-state index contributed by atoms with van der Waals surface area (Å²) in [6, 6.07) is 20.8. The molecule has 0 aromatic heterocycles. The molecule has 2 aromatic carbocycles. The van der Waals surface area contributed by atoms with Crippen molar-refractivity contribution in [1.29, 1.82) is 0 Å². The number of carboxylic acid groups (broad SMARTS) is 1. The number of piperidine rings is 1. The van der Waals surface area contributed by atoms with Gasteiger partial charge in [-0.15, -0.1) is 0 Å². The van der Waals surface area contributed by atoms with Gasteiger partial charge in [0.25, 0.3) is 0 Å². The van der Waals surface area contributed by atoms with Crippen molar-refractivity contribution < 1.29 is 15.0 Å². The molecule has 0 saturated carbocycles. The quantitative estimate of drug-likeness (QED) is 0.300. The van der Waals surface area contributed by atoms with Gasteiger partial charge in [-0.1, -0.05) is 93.3 Å². The van der Waals surface area contributed by atoms with Crippen molar-refractivity contribution in [3.8, 4) is 0 Å². The summed E-state index contributed by atoms with van der Waals surface area (Å²) < 4.78 is 0. The van der Waals surface area contributed by atoms with Gasteiger partial charge in [-0.25, -0.2) is 0 Å². The van der Waals surface area contributed by atoms with E-state index in [0.29, 0.717) is 11.8 Å². The Hall–Kier alpha value is -2.21. The molecule has 0 amide bonds. The molecule has 3 atom stereocenters. The van der Waals surface area contributed by atoms with Crippen molar-refractivity contribution in [2.45, 2.75) is 88.7 Å². The Kier molecular flexibility index (Phi) is 10.8. The lowest BCUT2D eigenvalue weighted by molar-refractivity contribution is -0.143. The van der Waals surface area contributed by atoms with E-state index in [0.717, 1.165) is 90.5 Å². The summed E-state index contributed by atoms with van der Waals surface area (Å²) in [5.74, 6) is 0.0760. The van der Waals surface area contributed by atoms with Crippen LogP contribution in [0, 0.1) is 5.92 Å². The highest BCUT2D eigenvalue weighted by molar-refractivity contribution is 5.73. The van der Waals surface area contributed by atoms with Crippen LogP contribution in [-0.2, 0) is 11.2 Å². The molecule has 4 rings (SSSR count). The van der Waals surface area contributed by atoms with Gasteiger partial charge in [0, 0.05) is 38.6 Å². The number of carboxylic acids is 1. The van der Waals surface area contributed by atoms with Crippen LogP contribution in [0.5, 0.6) is 0 Å². The predicted octanol–water partition coefficient (Wildman–Crippen LogP) is 5.98. The van der Waals surface area contributed by atoms with Crippen LogP contribution in [0.25, 0.3) is 0 Å². The van der Waals surface area contributed by atoms with Gasteiger partial charge >= 0.3 is 5.97 Å². The highest BCUT2D eigenvalue weighted by Crippen LogP contribution is 2.36. The second-order valence-electron chi connectivity index (χ2n) is 11.8. The van der Waals surface area contributed by atoms with Crippen LogP contribution in [0.1, 0.15) is 81.8 Å². The lowest BCUT2D eigenvalue weighted by Gasteiger charge is -2.40. The molecule has 208 valence electrons. The third kappa shape index (κ3) is 8.14. The van der Waals surface area contributed by atoms with Crippen LogP contribution < -0.4 is 0 Å². The molecular weight excluding hydrogens is 472 g/mol. The Morgan fingerprint density at radius 1 is 0.947 bits per heavy atom. The van der Waals surface area contributed by atoms with E-state index in [4.69, 9.17) is 0 Å². The number of benzene rings is 2. The molecule has 38 heavy (non-hydrogen) atoms. The molecular formula is C33H48N2O3. The maximum atomic E-state index is 12.3. The zero-order chi connectivity index (χ0) is 26.8. The fourth-order valence-corrected chi connectivity index (χ4v) is 6.65. The Balaban J connectivity index is 1.33. The maximum absolute atomic E-state index is 12.3. The van der Waals surface area contributed by atoms with Gasteiger partial charge in [0.05, 0.1) is 5.60 Å². The number of unbranched alkanes of at least 4 members (excludes halogenated alkanes) is 3. The van der Waals surface area contributed by atoms with E-state index in [-0.39, 0.29) is 6.04 Å². The molecule has 0 bridgehead atoms. The highest BCUT2D eigenvalue weighted by atomic mass is 16.4. The van der Waals surface area contributed by atoms with Crippen LogP contribution in [0.15, 0.2) is 60.7 Å². The van der Waals surface area contributed by atoms with Crippen molar-refractivity contribution in [3.63, 3.8) is 0 Å². The summed E-state index contributed by atoms with van der Waals surface area (Å²) in [5.41, 5.74) is 2.11.